The number of hydrogen-bond acceptors (Lipinski definition) is 0. The molecule has 0 amide bonds. The lowest BCUT2D eigenvalue weighted by molar-refractivity contribution is 1.19. The molecule has 1 heteroatoms. The Bertz CT molecular complexity index is 2450. The summed E-state index contributed by atoms with van der Waals surface area (Å²) in [5.74, 6) is 0. The molecule has 206 valence electrons. The fourth-order valence-corrected chi connectivity index (χ4v) is 7.11. The van der Waals surface area contributed by atoms with Gasteiger partial charge in [0, 0.05) is 21.8 Å². The van der Waals surface area contributed by atoms with E-state index in [2.05, 4.69) is 168 Å². The number of hydrogen-bond donors (Lipinski definition) is 0. The molecule has 0 spiro atoms. The number of fused-ring (bicyclic) bond motifs is 7. The van der Waals surface area contributed by atoms with Crippen LogP contribution in [-0.2, 0) is 6.42 Å². The van der Waals surface area contributed by atoms with Crippen LogP contribution < -0.4 is 0 Å². The highest BCUT2D eigenvalue weighted by molar-refractivity contribution is 6.22. The molecule has 0 fully saturated rings. The maximum atomic E-state index is 2.46. The zero-order valence-electron chi connectivity index (χ0n) is 24.2. The van der Waals surface area contributed by atoms with Crippen molar-refractivity contribution in [2.75, 3.05) is 0 Å². The SMILES string of the molecule is C1=Cc2cc(-c3cc4c5ccccc5n(-c5ccc6ccccc6c5)c4c4ccccc34)ccc2CC(c2ccccc2)=C1. The van der Waals surface area contributed by atoms with Crippen LogP contribution in [0.15, 0.2) is 158 Å². The molecule has 0 atom stereocenters. The summed E-state index contributed by atoms with van der Waals surface area (Å²) in [5, 5.41) is 7.59. The third-order valence-corrected chi connectivity index (χ3v) is 9.22. The van der Waals surface area contributed by atoms with E-state index in [0.29, 0.717) is 0 Å². The van der Waals surface area contributed by atoms with E-state index in [4.69, 9.17) is 0 Å². The maximum Gasteiger partial charge on any atom is 0.0619 e. The van der Waals surface area contributed by atoms with Crippen LogP contribution in [0.4, 0.5) is 0 Å². The lowest BCUT2D eigenvalue weighted by atomic mass is 9.91. The molecule has 1 aromatic heterocycles. The number of benzene rings is 7. The first-order valence-electron chi connectivity index (χ1n) is 15.3. The lowest BCUT2D eigenvalue weighted by Crippen LogP contribution is -1.96. The number of rotatable bonds is 3. The first-order chi connectivity index (χ1) is 21.8. The Morgan fingerprint density at radius 1 is 0.500 bits per heavy atom. The van der Waals surface area contributed by atoms with Gasteiger partial charge < -0.3 is 4.57 Å². The third kappa shape index (κ3) is 3.94. The van der Waals surface area contributed by atoms with Crippen molar-refractivity contribution in [2.45, 2.75) is 6.42 Å². The second-order valence-corrected chi connectivity index (χ2v) is 11.8. The van der Waals surface area contributed by atoms with Crippen molar-refractivity contribution in [3.63, 3.8) is 0 Å². The van der Waals surface area contributed by atoms with Crippen LogP contribution in [0.5, 0.6) is 0 Å². The van der Waals surface area contributed by atoms with Crippen molar-refractivity contribution in [2.24, 2.45) is 0 Å². The van der Waals surface area contributed by atoms with Gasteiger partial charge in [0.15, 0.2) is 0 Å². The molecule has 1 heterocycles. The van der Waals surface area contributed by atoms with Crippen LogP contribution in [0.2, 0.25) is 0 Å². The Kier molecular flexibility index (Phi) is 5.64. The number of aromatic nitrogens is 1. The summed E-state index contributed by atoms with van der Waals surface area (Å²) in [6, 6.07) is 53.3. The predicted octanol–water partition coefficient (Wildman–Crippen LogP) is 11.4. The van der Waals surface area contributed by atoms with Gasteiger partial charge in [0.05, 0.1) is 11.0 Å². The van der Waals surface area contributed by atoms with E-state index in [9.17, 15) is 0 Å². The van der Waals surface area contributed by atoms with E-state index in [0.717, 1.165) is 6.42 Å². The molecule has 0 unspecified atom stereocenters. The molecule has 1 aliphatic rings. The first-order valence-corrected chi connectivity index (χ1v) is 15.3. The molecule has 0 radical (unpaired) electrons. The minimum absolute atomic E-state index is 0.922. The number of para-hydroxylation sites is 1. The first kappa shape index (κ1) is 24.9. The second-order valence-electron chi connectivity index (χ2n) is 11.8. The van der Waals surface area contributed by atoms with Crippen LogP contribution >= 0.6 is 0 Å². The summed E-state index contributed by atoms with van der Waals surface area (Å²) in [4.78, 5) is 0. The number of allylic oxidation sites excluding steroid dienone is 3. The van der Waals surface area contributed by atoms with Crippen LogP contribution in [0.25, 0.3) is 71.8 Å². The zero-order chi connectivity index (χ0) is 29.0. The lowest BCUT2D eigenvalue weighted by Gasteiger charge is -2.15. The molecule has 0 N–H and O–H groups in total. The van der Waals surface area contributed by atoms with Crippen molar-refractivity contribution in [1.29, 1.82) is 0 Å². The molecule has 0 saturated carbocycles. The molecule has 1 nitrogen and oxygen atoms in total. The molecule has 9 rings (SSSR count). The van der Waals surface area contributed by atoms with Gasteiger partial charge >= 0.3 is 0 Å². The highest BCUT2D eigenvalue weighted by Crippen LogP contribution is 2.42. The van der Waals surface area contributed by atoms with Crippen molar-refractivity contribution < 1.29 is 0 Å². The van der Waals surface area contributed by atoms with Crippen LogP contribution in [0.3, 0.4) is 0 Å². The fourth-order valence-electron chi connectivity index (χ4n) is 7.11. The normalized spacial score (nSPS) is 13.0. The van der Waals surface area contributed by atoms with E-state index in [1.807, 2.05) is 0 Å². The van der Waals surface area contributed by atoms with Gasteiger partial charge in [0.1, 0.15) is 0 Å². The summed E-state index contributed by atoms with van der Waals surface area (Å²) in [6.07, 6.45) is 7.65. The summed E-state index contributed by atoms with van der Waals surface area (Å²) >= 11 is 0. The van der Waals surface area contributed by atoms with Gasteiger partial charge in [-0.25, -0.2) is 0 Å². The van der Waals surface area contributed by atoms with Gasteiger partial charge in [-0.3, -0.25) is 0 Å². The van der Waals surface area contributed by atoms with Crippen molar-refractivity contribution in [3.8, 4) is 16.8 Å². The molecule has 0 bridgehead atoms. The second kappa shape index (κ2) is 9.97. The average Bonchev–Trinajstić information content (AvgIpc) is 3.27. The van der Waals surface area contributed by atoms with E-state index in [-0.39, 0.29) is 0 Å². The van der Waals surface area contributed by atoms with E-state index >= 15 is 0 Å². The van der Waals surface area contributed by atoms with Crippen LogP contribution in [0, 0.1) is 0 Å². The van der Waals surface area contributed by atoms with Crippen LogP contribution in [-0.4, -0.2) is 4.57 Å². The summed E-state index contributed by atoms with van der Waals surface area (Å²) in [5.41, 5.74) is 11.5. The van der Waals surface area contributed by atoms with Crippen molar-refractivity contribution in [1.82, 2.24) is 4.57 Å². The van der Waals surface area contributed by atoms with Gasteiger partial charge in [-0.15, -0.1) is 0 Å². The Hall–Kier alpha value is -5.66. The molecule has 8 aromatic rings. The van der Waals surface area contributed by atoms with E-state index < -0.39 is 0 Å². The van der Waals surface area contributed by atoms with Gasteiger partial charge in [-0.2, -0.15) is 0 Å². The van der Waals surface area contributed by atoms with Gasteiger partial charge in [0.2, 0.25) is 0 Å². The summed E-state index contributed by atoms with van der Waals surface area (Å²) in [7, 11) is 0. The highest BCUT2D eigenvalue weighted by Gasteiger charge is 2.19. The van der Waals surface area contributed by atoms with Crippen molar-refractivity contribution in [3.05, 3.63) is 174 Å². The monoisotopic (exact) mass is 559 g/mol. The standard InChI is InChI=1S/C43H29N/c1-2-11-29(12-3-1)31-15-10-16-32-26-35(22-21-34(32)25-31)40-28-41-38-18-8-9-20-42(38)44(43(41)39-19-7-6-17-37(39)40)36-24-23-30-13-4-5-14-33(30)27-36/h1-24,26-28H,25H2. The predicted molar refractivity (Wildman–Crippen MR) is 188 cm³/mol. The smallest absolute Gasteiger partial charge is 0.0619 e. The van der Waals surface area contributed by atoms with E-state index in [1.165, 1.54) is 82.4 Å². The Morgan fingerprint density at radius 2 is 1.25 bits per heavy atom. The molecule has 0 saturated heterocycles. The topological polar surface area (TPSA) is 4.93 Å². The largest absolute Gasteiger partial charge is 0.309 e. The van der Waals surface area contributed by atoms with Crippen molar-refractivity contribution >= 4 is 55.0 Å². The summed E-state index contributed by atoms with van der Waals surface area (Å²) in [6.45, 7) is 0. The summed E-state index contributed by atoms with van der Waals surface area (Å²) < 4.78 is 2.46. The molecule has 1 aliphatic carbocycles. The maximum absolute atomic E-state index is 2.46. The van der Waals surface area contributed by atoms with Crippen LogP contribution in [0.1, 0.15) is 16.7 Å². The molecule has 44 heavy (non-hydrogen) atoms. The van der Waals surface area contributed by atoms with Gasteiger partial charge in [0.25, 0.3) is 0 Å². The molecule has 0 aliphatic heterocycles. The minimum atomic E-state index is 0.922. The Morgan fingerprint density at radius 3 is 2.14 bits per heavy atom. The molecular formula is C43H29N. The Balaban J connectivity index is 1.26. The Labute approximate surface area is 256 Å². The molecule has 7 aromatic carbocycles. The number of nitrogens with zero attached hydrogens (tertiary/aromatic N) is 1. The van der Waals surface area contributed by atoms with Gasteiger partial charge in [-0.1, -0.05) is 133 Å². The average molecular weight is 560 g/mol. The third-order valence-electron chi connectivity index (χ3n) is 9.22. The highest BCUT2D eigenvalue weighted by atomic mass is 15.0. The van der Waals surface area contributed by atoms with Gasteiger partial charge in [-0.05, 0) is 86.3 Å². The van der Waals surface area contributed by atoms with E-state index in [1.54, 1.807) is 0 Å². The molecular weight excluding hydrogens is 530 g/mol. The zero-order valence-corrected chi connectivity index (χ0v) is 24.2. The fraction of sp³-hybridized carbons (Fsp3) is 0.0233. The quantitative estimate of drug-likeness (QED) is 0.203. The minimum Gasteiger partial charge on any atom is -0.309 e.